The maximum atomic E-state index is 13.1. The number of ketones is 1. The summed E-state index contributed by atoms with van der Waals surface area (Å²) in [6, 6.07) is 8.96. The second-order valence-electron chi connectivity index (χ2n) is 8.15. The van der Waals surface area contributed by atoms with Crippen LogP contribution < -0.4 is 19.5 Å². The quantitative estimate of drug-likeness (QED) is 0.620. The number of nitrogens with zero attached hydrogens (tertiary/aromatic N) is 1. The number of ether oxygens (including phenoxy) is 3. The van der Waals surface area contributed by atoms with Gasteiger partial charge in [-0.3, -0.25) is 4.79 Å². The van der Waals surface area contributed by atoms with E-state index in [1.165, 1.54) is 11.0 Å². The molecule has 2 aromatic carbocycles. The highest BCUT2D eigenvalue weighted by molar-refractivity contribution is 6.15. The van der Waals surface area contributed by atoms with Crippen LogP contribution in [0.5, 0.6) is 17.2 Å². The lowest BCUT2D eigenvalue weighted by Gasteiger charge is -2.26. The van der Waals surface area contributed by atoms with Gasteiger partial charge in [-0.25, -0.2) is 0 Å². The zero-order chi connectivity index (χ0) is 22.2. The number of nitrogens with one attached hydrogen (secondary N) is 1. The highest BCUT2D eigenvalue weighted by Gasteiger charge is 2.31. The number of benzene rings is 2. The number of morpholine rings is 1. The molecule has 7 nitrogen and oxygen atoms in total. The molecule has 7 heteroatoms. The number of hydrogen-bond donors (Lipinski definition) is 1. The number of methoxy groups -OCH3 is 1. The predicted molar refractivity (Wildman–Crippen MR) is 118 cm³/mol. The highest BCUT2D eigenvalue weighted by atomic mass is 16.5. The molecule has 5 rings (SSSR count). The van der Waals surface area contributed by atoms with Crippen LogP contribution in [0, 0.1) is 0 Å². The van der Waals surface area contributed by atoms with Crippen LogP contribution in [-0.4, -0.2) is 43.8 Å². The van der Waals surface area contributed by atoms with Gasteiger partial charge in [-0.1, -0.05) is 11.8 Å². The smallest absolute Gasteiger partial charge is 0.231 e. The number of quaternary nitrogens is 1. The SMILES string of the molecule is CCn1cc(/C=C2/Oc3c(ccc([O-])c3C[NH+]3CCOCC3)C2=O)c2cc(OC)ccc21. The van der Waals surface area contributed by atoms with Gasteiger partial charge in [0.05, 0.1) is 25.9 Å². The molecule has 0 aliphatic carbocycles. The van der Waals surface area contributed by atoms with Crippen LogP contribution in [0.3, 0.4) is 0 Å². The topological polar surface area (TPSA) is 77.2 Å². The number of aromatic nitrogens is 1. The minimum Gasteiger partial charge on any atom is -0.872 e. The first-order valence-corrected chi connectivity index (χ1v) is 10.9. The highest BCUT2D eigenvalue weighted by Crippen LogP contribution is 2.39. The Morgan fingerprint density at radius 3 is 2.78 bits per heavy atom. The molecule has 0 spiro atoms. The minimum atomic E-state index is -0.196. The molecule has 2 aliphatic heterocycles. The number of carbonyl (C=O) groups is 1. The van der Waals surface area contributed by atoms with Crippen LogP contribution in [-0.2, 0) is 17.8 Å². The van der Waals surface area contributed by atoms with E-state index >= 15 is 0 Å². The maximum Gasteiger partial charge on any atom is 0.231 e. The van der Waals surface area contributed by atoms with E-state index < -0.39 is 0 Å². The molecule has 3 heterocycles. The van der Waals surface area contributed by atoms with Gasteiger partial charge in [0.25, 0.3) is 0 Å². The fourth-order valence-corrected chi connectivity index (χ4v) is 4.49. The van der Waals surface area contributed by atoms with Gasteiger partial charge in [0, 0.05) is 34.8 Å². The summed E-state index contributed by atoms with van der Waals surface area (Å²) >= 11 is 0. The molecule has 0 bridgehead atoms. The number of fused-ring (bicyclic) bond motifs is 2. The minimum absolute atomic E-state index is 0.0934. The number of carbonyl (C=O) groups excluding carboxylic acids is 1. The van der Waals surface area contributed by atoms with E-state index in [0.717, 1.165) is 41.9 Å². The average molecular weight is 434 g/mol. The number of aryl methyl sites for hydroxylation is 1. The summed E-state index contributed by atoms with van der Waals surface area (Å²) in [5.41, 5.74) is 2.95. The third-order valence-corrected chi connectivity index (χ3v) is 6.27. The molecule has 0 amide bonds. The van der Waals surface area contributed by atoms with Crippen molar-refractivity contribution < 1.29 is 29.0 Å². The molecule has 166 valence electrons. The molecular formula is C25H26N2O5. The zero-order valence-corrected chi connectivity index (χ0v) is 18.3. The summed E-state index contributed by atoms with van der Waals surface area (Å²) in [6.45, 7) is 6.41. The van der Waals surface area contributed by atoms with E-state index in [4.69, 9.17) is 14.2 Å². The lowest BCUT2D eigenvalue weighted by molar-refractivity contribution is -0.921. The van der Waals surface area contributed by atoms with Gasteiger partial charge in [0.2, 0.25) is 5.78 Å². The van der Waals surface area contributed by atoms with Crippen molar-refractivity contribution in [2.45, 2.75) is 20.0 Å². The van der Waals surface area contributed by atoms with Crippen LogP contribution in [0.4, 0.5) is 0 Å². The second kappa shape index (κ2) is 8.33. The van der Waals surface area contributed by atoms with Crippen LogP contribution in [0.25, 0.3) is 17.0 Å². The van der Waals surface area contributed by atoms with Gasteiger partial charge in [0.15, 0.2) is 5.76 Å². The van der Waals surface area contributed by atoms with Gasteiger partial charge in [-0.15, -0.1) is 0 Å². The van der Waals surface area contributed by atoms with Crippen molar-refractivity contribution in [2.24, 2.45) is 0 Å². The second-order valence-corrected chi connectivity index (χ2v) is 8.15. The van der Waals surface area contributed by atoms with Crippen LogP contribution >= 0.6 is 0 Å². The number of rotatable bonds is 5. The Bertz CT molecular complexity index is 1220. The Labute approximate surface area is 186 Å². The van der Waals surface area contributed by atoms with Crippen molar-refractivity contribution in [3.05, 3.63) is 59.0 Å². The first-order valence-electron chi connectivity index (χ1n) is 10.9. The average Bonchev–Trinajstić information content (AvgIpc) is 3.33. The molecule has 0 atom stereocenters. The van der Waals surface area contributed by atoms with Gasteiger partial charge >= 0.3 is 0 Å². The maximum absolute atomic E-state index is 13.1. The molecular weight excluding hydrogens is 408 g/mol. The van der Waals surface area contributed by atoms with E-state index in [0.29, 0.717) is 36.6 Å². The summed E-state index contributed by atoms with van der Waals surface area (Å²) in [5, 5.41) is 13.6. The molecule has 0 unspecified atom stereocenters. The Hall–Kier alpha value is -3.29. The molecule has 1 saturated heterocycles. The Morgan fingerprint density at radius 2 is 2.03 bits per heavy atom. The van der Waals surface area contributed by atoms with Crippen molar-refractivity contribution >= 4 is 22.8 Å². The van der Waals surface area contributed by atoms with Crippen LogP contribution in [0.2, 0.25) is 0 Å². The molecule has 32 heavy (non-hydrogen) atoms. The molecule has 1 aromatic heterocycles. The van der Waals surface area contributed by atoms with Gasteiger partial charge in [0.1, 0.15) is 31.1 Å². The van der Waals surface area contributed by atoms with Crippen molar-refractivity contribution in [2.75, 3.05) is 33.4 Å². The monoisotopic (exact) mass is 434 g/mol. The molecule has 1 fully saturated rings. The van der Waals surface area contributed by atoms with Gasteiger partial charge < -0.3 is 28.8 Å². The van der Waals surface area contributed by atoms with Crippen molar-refractivity contribution in [1.29, 1.82) is 0 Å². The molecule has 0 saturated carbocycles. The van der Waals surface area contributed by atoms with Crippen LogP contribution in [0.1, 0.15) is 28.4 Å². The number of hydrogen-bond acceptors (Lipinski definition) is 5. The zero-order valence-electron chi connectivity index (χ0n) is 18.3. The molecule has 3 aromatic rings. The summed E-state index contributed by atoms with van der Waals surface area (Å²) in [6.07, 6.45) is 3.78. The van der Waals surface area contributed by atoms with Crippen molar-refractivity contribution in [3.63, 3.8) is 0 Å². The van der Waals surface area contributed by atoms with E-state index in [-0.39, 0.29) is 17.3 Å². The fourth-order valence-electron chi connectivity index (χ4n) is 4.49. The lowest BCUT2D eigenvalue weighted by Crippen LogP contribution is -3.12. The normalized spacial score (nSPS) is 17.7. The summed E-state index contributed by atoms with van der Waals surface area (Å²) in [4.78, 5) is 14.4. The Balaban J connectivity index is 1.53. The molecule has 1 N–H and O–H groups in total. The largest absolute Gasteiger partial charge is 0.872 e. The summed E-state index contributed by atoms with van der Waals surface area (Å²) in [7, 11) is 1.63. The van der Waals surface area contributed by atoms with Gasteiger partial charge in [-0.05, 0) is 37.3 Å². The Kier molecular flexibility index (Phi) is 5.36. The van der Waals surface area contributed by atoms with E-state index in [1.54, 1.807) is 19.3 Å². The molecule has 2 aliphatic rings. The number of Topliss-reactive ketones (excluding diaryl/α,β-unsaturated/α-hetero) is 1. The lowest BCUT2D eigenvalue weighted by atomic mass is 10.0. The van der Waals surface area contributed by atoms with E-state index in [9.17, 15) is 9.90 Å². The summed E-state index contributed by atoms with van der Waals surface area (Å²) in [5.74, 6) is 1.11. The van der Waals surface area contributed by atoms with E-state index in [1.807, 2.05) is 24.4 Å². The van der Waals surface area contributed by atoms with Crippen molar-refractivity contribution in [3.8, 4) is 17.2 Å². The van der Waals surface area contributed by atoms with Crippen molar-refractivity contribution in [1.82, 2.24) is 4.57 Å². The standard InChI is InChI=1S/C25H26N2O5/c1-3-27-14-16(19-13-17(30-2)4-6-21(19)27)12-23-24(29)18-5-7-22(28)20(25(18)32-23)15-26-8-10-31-11-9-26/h4-7,12-14,28H,3,8-11,15H2,1-2H3/b23-12+. The number of allylic oxidation sites excluding steroid dienone is 1. The summed E-state index contributed by atoms with van der Waals surface area (Å²) < 4.78 is 19.0. The fraction of sp³-hybridized carbons (Fsp3) is 0.320. The van der Waals surface area contributed by atoms with Gasteiger partial charge in [-0.2, -0.15) is 0 Å². The molecule has 0 radical (unpaired) electrons. The Morgan fingerprint density at radius 1 is 1.22 bits per heavy atom. The van der Waals surface area contributed by atoms with E-state index in [2.05, 4.69) is 11.5 Å². The first-order chi connectivity index (χ1) is 15.6. The third-order valence-electron chi connectivity index (χ3n) is 6.27. The predicted octanol–water partition coefficient (Wildman–Crippen LogP) is 1.77. The van der Waals surface area contributed by atoms with Crippen LogP contribution in [0.15, 0.2) is 42.3 Å². The third kappa shape index (κ3) is 3.53. The first kappa shape index (κ1) is 20.6.